The number of aromatic nitrogens is 3. The molecule has 9 heteroatoms. The Morgan fingerprint density at radius 2 is 2.03 bits per heavy atom. The number of amides is 1. The number of aryl methyl sites for hydroxylation is 2. The van der Waals surface area contributed by atoms with Crippen LogP contribution in [0.3, 0.4) is 0 Å². The van der Waals surface area contributed by atoms with Gasteiger partial charge in [-0.05, 0) is 44.0 Å². The molecule has 0 radical (unpaired) electrons. The van der Waals surface area contributed by atoms with Gasteiger partial charge in [0.05, 0.1) is 9.95 Å². The fourth-order valence-electron chi connectivity index (χ4n) is 3.74. The number of anilines is 1. The first-order chi connectivity index (χ1) is 14.5. The zero-order valence-electron chi connectivity index (χ0n) is 16.4. The van der Waals surface area contributed by atoms with Gasteiger partial charge in [0, 0.05) is 29.8 Å². The van der Waals surface area contributed by atoms with E-state index >= 15 is 0 Å². The molecule has 0 atom stereocenters. The number of nitro groups is 1. The Labute approximate surface area is 178 Å². The first kappa shape index (κ1) is 20.0. The van der Waals surface area contributed by atoms with E-state index in [1.54, 1.807) is 37.3 Å². The van der Waals surface area contributed by atoms with Crippen LogP contribution in [0.2, 0.25) is 5.02 Å². The summed E-state index contributed by atoms with van der Waals surface area (Å²) in [4.78, 5) is 23.6. The second-order valence-electron chi connectivity index (χ2n) is 7.28. The van der Waals surface area contributed by atoms with Gasteiger partial charge in [-0.1, -0.05) is 30.2 Å². The lowest BCUT2D eigenvalue weighted by molar-refractivity contribution is -0.385. The highest BCUT2D eigenvalue weighted by Crippen LogP contribution is 2.32. The van der Waals surface area contributed by atoms with Crippen molar-refractivity contribution < 1.29 is 9.72 Å². The van der Waals surface area contributed by atoms with Crippen molar-refractivity contribution in [3.63, 3.8) is 0 Å². The molecule has 0 unspecified atom stereocenters. The third kappa shape index (κ3) is 3.78. The smallest absolute Gasteiger partial charge is 0.285 e. The van der Waals surface area contributed by atoms with Crippen molar-refractivity contribution in [3.05, 3.63) is 68.5 Å². The van der Waals surface area contributed by atoms with E-state index in [4.69, 9.17) is 11.6 Å². The minimum Gasteiger partial charge on any atom is -0.322 e. The fourth-order valence-corrected chi connectivity index (χ4v) is 3.94. The highest BCUT2D eigenvalue weighted by molar-refractivity contribution is 6.33. The molecule has 8 nitrogen and oxygen atoms in total. The molecule has 0 saturated carbocycles. The van der Waals surface area contributed by atoms with Crippen LogP contribution in [-0.2, 0) is 13.0 Å². The average molecular weight is 426 g/mol. The van der Waals surface area contributed by atoms with Crippen LogP contribution in [-0.4, -0.2) is 25.6 Å². The Hall–Kier alpha value is -3.26. The van der Waals surface area contributed by atoms with Gasteiger partial charge < -0.3 is 9.88 Å². The molecular weight excluding hydrogens is 406 g/mol. The monoisotopic (exact) mass is 425 g/mol. The zero-order chi connectivity index (χ0) is 21.3. The molecular formula is C21H20ClN5O3. The van der Waals surface area contributed by atoms with Crippen LogP contribution in [0.4, 0.5) is 11.4 Å². The van der Waals surface area contributed by atoms with Crippen LogP contribution in [0.1, 0.15) is 41.0 Å². The number of rotatable bonds is 4. The number of fused-ring (bicyclic) bond motifs is 1. The maximum absolute atomic E-state index is 12.8. The lowest BCUT2D eigenvalue weighted by Crippen LogP contribution is -2.14. The molecule has 0 spiro atoms. The first-order valence-electron chi connectivity index (χ1n) is 9.73. The average Bonchev–Trinajstić information content (AvgIpc) is 2.96. The zero-order valence-corrected chi connectivity index (χ0v) is 17.1. The molecule has 0 saturated heterocycles. The number of nitro benzene ring substituents is 1. The maximum atomic E-state index is 12.8. The Kier molecular flexibility index (Phi) is 5.50. The molecule has 0 bridgehead atoms. The van der Waals surface area contributed by atoms with Gasteiger partial charge in [-0.2, -0.15) is 0 Å². The van der Waals surface area contributed by atoms with Gasteiger partial charge in [0.15, 0.2) is 5.82 Å². The number of carbonyl (C=O) groups is 1. The summed E-state index contributed by atoms with van der Waals surface area (Å²) in [5, 5.41) is 23.3. The summed E-state index contributed by atoms with van der Waals surface area (Å²) < 4.78 is 2.07. The molecule has 1 amide bonds. The predicted octanol–water partition coefficient (Wildman–Crippen LogP) is 4.79. The molecule has 1 aromatic heterocycles. The molecule has 1 aliphatic heterocycles. The lowest BCUT2D eigenvalue weighted by Gasteiger charge is -2.11. The van der Waals surface area contributed by atoms with Gasteiger partial charge in [-0.25, -0.2) is 0 Å². The van der Waals surface area contributed by atoms with E-state index in [2.05, 4.69) is 20.1 Å². The number of hydrogen-bond donors (Lipinski definition) is 1. The van der Waals surface area contributed by atoms with Crippen molar-refractivity contribution >= 4 is 28.9 Å². The Balaban J connectivity index is 1.67. The number of halogens is 1. The molecule has 2 aromatic carbocycles. The van der Waals surface area contributed by atoms with Gasteiger partial charge >= 0.3 is 0 Å². The Morgan fingerprint density at radius 3 is 2.83 bits per heavy atom. The summed E-state index contributed by atoms with van der Waals surface area (Å²) in [6, 6.07) is 9.72. The van der Waals surface area contributed by atoms with E-state index in [0.717, 1.165) is 38.1 Å². The van der Waals surface area contributed by atoms with Gasteiger partial charge in [0.2, 0.25) is 0 Å². The highest BCUT2D eigenvalue weighted by atomic mass is 35.5. The van der Waals surface area contributed by atoms with Crippen LogP contribution in [0, 0.1) is 17.0 Å². The summed E-state index contributed by atoms with van der Waals surface area (Å²) in [5.41, 5.74) is 1.37. The van der Waals surface area contributed by atoms with Gasteiger partial charge in [0.25, 0.3) is 11.6 Å². The third-order valence-corrected chi connectivity index (χ3v) is 5.57. The number of hydrogen-bond acceptors (Lipinski definition) is 5. The van der Waals surface area contributed by atoms with Crippen LogP contribution in [0.15, 0.2) is 36.4 Å². The van der Waals surface area contributed by atoms with Crippen molar-refractivity contribution in [1.82, 2.24) is 14.8 Å². The van der Waals surface area contributed by atoms with Crippen molar-refractivity contribution in [3.8, 4) is 11.4 Å². The van der Waals surface area contributed by atoms with Crippen molar-refractivity contribution in [2.45, 2.75) is 39.2 Å². The molecule has 0 aliphatic carbocycles. The van der Waals surface area contributed by atoms with Crippen LogP contribution in [0.25, 0.3) is 11.4 Å². The van der Waals surface area contributed by atoms with Gasteiger partial charge in [0.1, 0.15) is 11.4 Å². The van der Waals surface area contributed by atoms with E-state index in [0.29, 0.717) is 27.7 Å². The topological polar surface area (TPSA) is 103 Å². The summed E-state index contributed by atoms with van der Waals surface area (Å²) in [6.07, 6.45) is 4.14. The molecule has 2 heterocycles. The Morgan fingerprint density at radius 1 is 1.20 bits per heavy atom. The standard InChI is InChI=1S/C21H20ClN5O3/c1-13-6-5-7-15(19(13)27(29)30)21(28)23-14-9-10-17(22)16(12-14)20-25-24-18-8-3-2-4-11-26(18)20/h5-7,9-10,12H,2-4,8,11H2,1H3,(H,23,28). The maximum Gasteiger partial charge on any atom is 0.285 e. The number of carbonyl (C=O) groups excluding carboxylic acids is 1. The largest absolute Gasteiger partial charge is 0.322 e. The number of para-hydroxylation sites is 1. The lowest BCUT2D eigenvalue weighted by atomic mass is 10.1. The van der Waals surface area contributed by atoms with Crippen molar-refractivity contribution in [1.29, 1.82) is 0 Å². The quantitative estimate of drug-likeness (QED) is 0.478. The van der Waals surface area contributed by atoms with E-state index in [1.807, 2.05) is 0 Å². The second-order valence-corrected chi connectivity index (χ2v) is 7.69. The third-order valence-electron chi connectivity index (χ3n) is 5.24. The first-order valence-corrected chi connectivity index (χ1v) is 10.1. The number of benzene rings is 2. The van der Waals surface area contributed by atoms with Crippen molar-refractivity contribution in [2.75, 3.05) is 5.32 Å². The van der Waals surface area contributed by atoms with Crippen molar-refractivity contribution in [2.24, 2.45) is 0 Å². The highest BCUT2D eigenvalue weighted by Gasteiger charge is 2.23. The van der Waals surface area contributed by atoms with Gasteiger partial charge in [-0.3, -0.25) is 14.9 Å². The minimum atomic E-state index is -0.557. The van der Waals surface area contributed by atoms with Crippen LogP contribution < -0.4 is 5.32 Å². The van der Waals surface area contributed by atoms with E-state index in [9.17, 15) is 14.9 Å². The van der Waals surface area contributed by atoms with Gasteiger partial charge in [-0.15, -0.1) is 10.2 Å². The molecule has 1 aliphatic rings. The number of nitrogens with zero attached hydrogens (tertiary/aromatic N) is 4. The molecule has 30 heavy (non-hydrogen) atoms. The molecule has 4 rings (SSSR count). The van der Waals surface area contributed by atoms with E-state index in [1.165, 1.54) is 6.07 Å². The number of nitrogens with one attached hydrogen (secondary N) is 1. The summed E-state index contributed by atoms with van der Waals surface area (Å²) in [7, 11) is 0. The summed E-state index contributed by atoms with van der Waals surface area (Å²) >= 11 is 6.43. The van der Waals surface area contributed by atoms with Crippen LogP contribution >= 0.6 is 11.6 Å². The summed E-state index contributed by atoms with van der Waals surface area (Å²) in [6.45, 7) is 2.42. The molecule has 154 valence electrons. The SMILES string of the molecule is Cc1cccc(C(=O)Nc2ccc(Cl)c(-c3nnc4n3CCCCC4)c2)c1[N+](=O)[O-]. The molecule has 1 N–H and O–H groups in total. The van der Waals surface area contributed by atoms with E-state index < -0.39 is 10.8 Å². The predicted molar refractivity (Wildman–Crippen MR) is 114 cm³/mol. The summed E-state index contributed by atoms with van der Waals surface area (Å²) in [5.74, 6) is 1.04. The fraction of sp³-hybridized carbons (Fsp3) is 0.286. The minimum absolute atomic E-state index is 0.00726. The second kappa shape index (κ2) is 8.23. The Bertz CT molecular complexity index is 1140. The van der Waals surface area contributed by atoms with E-state index in [-0.39, 0.29) is 11.3 Å². The normalized spacial score (nSPS) is 13.4. The van der Waals surface area contributed by atoms with Crippen LogP contribution in [0.5, 0.6) is 0 Å². The molecule has 0 fully saturated rings. The molecule has 3 aromatic rings.